The van der Waals surface area contributed by atoms with Gasteiger partial charge in [-0.25, -0.2) is 9.59 Å². The van der Waals surface area contributed by atoms with E-state index in [9.17, 15) is 14.7 Å². The topological polar surface area (TPSA) is 133 Å². The number of benzene rings is 3. The molecule has 3 aromatic carbocycles. The summed E-state index contributed by atoms with van der Waals surface area (Å²) in [6.07, 6.45) is 5.39. The number of phenols is 1. The van der Waals surface area contributed by atoms with Crippen molar-refractivity contribution < 1.29 is 19.4 Å². The van der Waals surface area contributed by atoms with Gasteiger partial charge in [0.05, 0.1) is 6.61 Å². The number of carbonyl (C=O) groups excluding carboxylic acids is 2. The second-order valence-corrected chi connectivity index (χ2v) is 10.5. The van der Waals surface area contributed by atoms with Gasteiger partial charge < -0.3 is 20.1 Å². The first-order chi connectivity index (χ1) is 20.5. The van der Waals surface area contributed by atoms with Gasteiger partial charge in [-0.1, -0.05) is 79.9 Å². The molecule has 1 unspecified atom stereocenters. The van der Waals surface area contributed by atoms with E-state index in [1.807, 2.05) is 53.4 Å². The van der Waals surface area contributed by atoms with E-state index in [2.05, 4.69) is 25.9 Å². The molecule has 10 heteroatoms. The fraction of sp³-hybridized carbons (Fsp3) is 0.344. The molecule has 2 amide bonds. The number of nitrogens with one attached hydrogen (secondary N) is 2. The highest BCUT2D eigenvalue weighted by atomic mass is 16.5. The van der Waals surface area contributed by atoms with Gasteiger partial charge in [-0.05, 0) is 59.4 Å². The van der Waals surface area contributed by atoms with Crippen molar-refractivity contribution in [3.63, 3.8) is 0 Å². The van der Waals surface area contributed by atoms with E-state index in [1.54, 1.807) is 31.2 Å². The SMILES string of the molecule is CCOC(=O)C(Cc1ccc(O)cc1)NC(=O)N(Cc1ccc(-c2ccccc2-c2nn[nH]n2)cc1)C1CCCCC1. The Morgan fingerprint density at radius 3 is 2.33 bits per heavy atom. The molecule has 1 aliphatic carbocycles. The number of nitrogens with zero attached hydrogens (tertiary/aromatic N) is 4. The lowest BCUT2D eigenvalue weighted by atomic mass is 9.93. The number of aromatic hydroxyl groups is 1. The summed E-state index contributed by atoms with van der Waals surface area (Å²) >= 11 is 0. The second-order valence-electron chi connectivity index (χ2n) is 10.5. The number of phenolic OH excluding ortho intramolecular Hbond substituents is 1. The molecule has 1 aromatic heterocycles. The number of tetrazole rings is 1. The van der Waals surface area contributed by atoms with E-state index in [4.69, 9.17) is 4.74 Å². The number of esters is 1. The average molecular weight is 569 g/mol. The van der Waals surface area contributed by atoms with E-state index in [1.165, 1.54) is 0 Å². The van der Waals surface area contributed by atoms with Crippen LogP contribution in [0.15, 0.2) is 72.8 Å². The van der Waals surface area contributed by atoms with Crippen molar-refractivity contribution in [1.29, 1.82) is 0 Å². The molecular formula is C32H36N6O4. The molecule has 3 N–H and O–H groups in total. The molecule has 0 radical (unpaired) electrons. The van der Waals surface area contributed by atoms with Gasteiger partial charge in [0.25, 0.3) is 0 Å². The largest absolute Gasteiger partial charge is 0.508 e. The fourth-order valence-corrected chi connectivity index (χ4v) is 5.49. The lowest BCUT2D eigenvalue weighted by Crippen LogP contribution is -2.52. The van der Waals surface area contributed by atoms with Crippen molar-refractivity contribution in [2.75, 3.05) is 6.61 Å². The van der Waals surface area contributed by atoms with Gasteiger partial charge in [0.15, 0.2) is 0 Å². The van der Waals surface area contributed by atoms with Crippen LogP contribution < -0.4 is 5.32 Å². The van der Waals surface area contributed by atoms with Crippen LogP contribution in [0, 0.1) is 0 Å². The van der Waals surface area contributed by atoms with Gasteiger partial charge in [0, 0.05) is 24.6 Å². The summed E-state index contributed by atoms with van der Waals surface area (Å²) in [4.78, 5) is 28.6. The number of aromatic nitrogens is 4. The van der Waals surface area contributed by atoms with Gasteiger partial charge in [-0.3, -0.25) is 0 Å². The van der Waals surface area contributed by atoms with Crippen LogP contribution in [0.1, 0.15) is 50.2 Å². The standard InChI is InChI=1S/C32H36N6O4/c1-2-42-31(40)29(20-22-14-18-26(39)19-15-22)33-32(41)38(25-8-4-3-5-9-25)21-23-12-16-24(17-13-23)27-10-6-7-11-28(27)30-34-36-37-35-30/h6-7,10-19,25,29,39H,2-5,8-9,20-21H2,1H3,(H,33,41)(H,34,35,36,37). The zero-order valence-corrected chi connectivity index (χ0v) is 23.7. The van der Waals surface area contributed by atoms with Crippen LogP contribution in [0.3, 0.4) is 0 Å². The molecule has 5 rings (SSSR count). The summed E-state index contributed by atoms with van der Waals surface area (Å²) in [5.74, 6) is 0.189. The lowest BCUT2D eigenvalue weighted by molar-refractivity contribution is -0.145. The minimum Gasteiger partial charge on any atom is -0.508 e. The van der Waals surface area contributed by atoms with Gasteiger partial charge in [0.1, 0.15) is 11.8 Å². The number of rotatable bonds is 10. The van der Waals surface area contributed by atoms with Gasteiger partial charge in [-0.2, -0.15) is 5.21 Å². The third-order valence-electron chi connectivity index (χ3n) is 7.65. The third-order valence-corrected chi connectivity index (χ3v) is 7.65. The highest BCUT2D eigenvalue weighted by Gasteiger charge is 2.30. The molecular weight excluding hydrogens is 532 g/mol. The monoisotopic (exact) mass is 568 g/mol. The van der Waals surface area contributed by atoms with Crippen molar-refractivity contribution in [3.05, 3.63) is 83.9 Å². The van der Waals surface area contributed by atoms with Crippen molar-refractivity contribution in [2.45, 2.75) is 64.1 Å². The van der Waals surface area contributed by atoms with E-state index < -0.39 is 12.0 Å². The van der Waals surface area contributed by atoms with E-state index in [0.29, 0.717) is 12.4 Å². The summed E-state index contributed by atoms with van der Waals surface area (Å²) < 4.78 is 5.30. The maximum absolute atomic E-state index is 13.8. The normalized spacial score (nSPS) is 14.2. The summed E-state index contributed by atoms with van der Waals surface area (Å²) in [5, 5.41) is 27.1. The lowest BCUT2D eigenvalue weighted by Gasteiger charge is -2.35. The minimum atomic E-state index is -0.850. The zero-order chi connectivity index (χ0) is 29.3. The first-order valence-electron chi connectivity index (χ1n) is 14.5. The summed E-state index contributed by atoms with van der Waals surface area (Å²) in [5.41, 5.74) is 4.67. The van der Waals surface area contributed by atoms with Gasteiger partial charge in [0.2, 0.25) is 5.82 Å². The third kappa shape index (κ3) is 7.12. The first-order valence-corrected chi connectivity index (χ1v) is 14.5. The number of ether oxygens (including phenoxy) is 1. The Morgan fingerprint density at radius 1 is 0.976 bits per heavy atom. The smallest absolute Gasteiger partial charge is 0.329 e. The van der Waals surface area contributed by atoms with Crippen molar-refractivity contribution in [1.82, 2.24) is 30.8 Å². The Kier molecular flexibility index (Phi) is 9.43. The molecule has 10 nitrogen and oxygen atoms in total. The molecule has 1 fully saturated rings. The van der Waals surface area contributed by atoms with Crippen molar-refractivity contribution in [2.24, 2.45) is 0 Å². The molecule has 1 heterocycles. The fourth-order valence-electron chi connectivity index (χ4n) is 5.49. The highest BCUT2D eigenvalue weighted by molar-refractivity contribution is 5.84. The summed E-state index contributed by atoms with van der Waals surface area (Å²) in [6.45, 7) is 2.38. The van der Waals surface area contributed by atoms with Gasteiger partial charge >= 0.3 is 12.0 Å². The highest BCUT2D eigenvalue weighted by Crippen LogP contribution is 2.30. The van der Waals surface area contributed by atoms with Crippen molar-refractivity contribution in [3.8, 4) is 28.3 Å². The first kappa shape index (κ1) is 28.8. The molecule has 0 spiro atoms. The molecule has 42 heavy (non-hydrogen) atoms. The van der Waals surface area contributed by atoms with Crippen LogP contribution in [0.4, 0.5) is 4.79 Å². The average Bonchev–Trinajstić information content (AvgIpc) is 3.56. The maximum atomic E-state index is 13.8. The summed E-state index contributed by atoms with van der Waals surface area (Å²) in [6, 6.07) is 21.6. The quantitative estimate of drug-likeness (QED) is 0.222. The van der Waals surface area contributed by atoms with Crippen LogP contribution in [0.2, 0.25) is 0 Å². The number of amides is 2. The number of hydrogen-bond donors (Lipinski definition) is 3. The predicted octanol–water partition coefficient (Wildman–Crippen LogP) is 5.26. The van der Waals surface area contributed by atoms with Crippen LogP contribution in [-0.4, -0.2) is 61.3 Å². The van der Waals surface area contributed by atoms with Crippen molar-refractivity contribution >= 4 is 12.0 Å². The molecule has 1 saturated carbocycles. The molecule has 0 saturated heterocycles. The predicted molar refractivity (Wildman–Crippen MR) is 158 cm³/mol. The maximum Gasteiger partial charge on any atom is 0.329 e. The minimum absolute atomic E-state index is 0.0777. The van der Waals surface area contributed by atoms with Crippen LogP contribution in [-0.2, 0) is 22.5 Å². The molecule has 1 atom stereocenters. The zero-order valence-electron chi connectivity index (χ0n) is 23.7. The Hall–Kier alpha value is -4.73. The Morgan fingerprint density at radius 2 is 1.67 bits per heavy atom. The molecule has 218 valence electrons. The molecule has 1 aliphatic rings. The second kappa shape index (κ2) is 13.8. The molecule has 4 aromatic rings. The molecule has 0 aliphatic heterocycles. The number of hydrogen-bond acceptors (Lipinski definition) is 7. The Labute approximate surface area is 245 Å². The van der Waals surface area contributed by atoms with Crippen LogP contribution in [0.5, 0.6) is 5.75 Å². The van der Waals surface area contributed by atoms with E-state index in [-0.39, 0.29) is 30.9 Å². The number of carbonyl (C=O) groups is 2. The Bertz CT molecular complexity index is 1450. The molecule has 0 bridgehead atoms. The number of urea groups is 1. The van der Waals surface area contributed by atoms with E-state index >= 15 is 0 Å². The Balaban J connectivity index is 1.35. The van der Waals surface area contributed by atoms with E-state index in [0.717, 1.165) is 59.9 Å². The van der Waals surface area contributed by atoms with Gasteiger partial charge in [-0.15, -0.1) is 10.2 Å². The number of aromatic amines is 1. The number of H-pyrrole nitrogens is 1. The van der Waals surface area contributed by atoms with Crippen LogP contribution >= 0.6 is 0 Å². The summed E-state index contributed by atoms with van der Waals surface area (Å²) in [7, 11) is 0. The van der Waals surface area contributed by atoms with Crippen LogP contribution in [0.25, 0.3) is 22.5 Å².